The van der Waals surface area contributed by atoms with Gasteiger partial charge in [-0.1, -0.05) is 48.2 Å². The molecule has 0 amide bonds. The van der Waals surface area contributed by atoms with Crippen LogP contribution in [0.5, 0.6) is 0 Å². The lowest BCUT2D eigenvalue weighted by Crippen LogP contribution is -2.14. The van der Waals surface area contributed by atoms with Crippen LogP contribution >= 0.6 is 0 Å². The number of anilines is 1. The number of rotatable bonds is 4. The summed E-state index contributed by atoms with van der Waals surface area (Å²) in [7, 11) is -4.04. The zero-order valence-electron chi connectivity index (χ0n) is 16.4. The van der Waals surface area contributed by atoms with Crippen molar-refractivity contribution in [3.05, 3.63) is 102 Å². The fraction of sp³-hybridized carbons (Fsp3) is 0. The number of sulfonamides is 1. The summed E-state index contributed by atoms with van der Waals surface area (Å²) < 4.78 is 42.6. The van der Waals surface area contributed by atoms with Crippen molar-refractivity contribution in [3.63, 3.8) is 0 Å². The van der Waals surface area contributed by atoms with Gasteiger partial charge >= 0.3 is 5.97 Å². The Labute approximate surface area is 183 Å². The minimum absolute atomic E-state index is 0.0134. The fourth-order valence-corrected chi connectivity index (χ4v) is 4.37. The number of halogens is 1. The maximum Gasteiger partial charge on any atom is 0.354 e. The molecule has 0 spiro atoms. The lowest BCUT2D eigenvalue weighted by atomic mass is 10.1. The Morgan fingerprint density at radius 1 is 0.969 bits per heavy atom. The van der Waals surface area contributed by atoms with Crippen LogP contribution in [0.3, 0.4) is 0 Å². The first-order valence-corrected chi connectivity index (χ1v) is 10.8. The molecule has 4 rings (SSSR count). The Bertz CT molecular complexity index is 1500. The second-order valence-electron chi connectivity index (χ2n) is 6.76. The zero-order valence-corrected chi connectivity index (χ0v) is 17.2. The Hall–Kier alpha value is -4.22. The Morgan fingerprint density at radius 2 is 1.75 bits per heavy atom. The molecule has 1 aromatic heterocycles. The molecule has 0 saturated carbocycles. The van der Waals surface area contributed by atoms with Crippen LogP contribution < -0.4 is 4.72 Å². The van der Waals surface area contributed by atoms with E-state index in [1.165, 1.54) is 36.5 Å². The minimum Gasteiger partial charge on any atom is -0.477 e. The third kappa shape index (κ3) is 4.43. The number of hydrogen-bond donors (Lipinski definition) is 2. The van der Waals surface area contributed by atoms with Crippen LogP contribution in [-0.4, -0.2) is 24.5 Å². The van der Waals surface area contributed by atoms with Crippen molar-refractivity contribution in [3.8, 4) is 11.8 Å². The molecule has 0 bridgehead atoms. The summed E-state index contributed by atoms with van der Waals surface area (Å²) in [5.41, 5.74) is 0.529. The summed E-state index contributed by atoms with van der Waals surface area (Å²) in [4.78, 5) is 14.7. The SMILES string of the molecule is O=C(O)c1ccc(C#Cc2ccc(F)cc2NS(=O)(=O)c2cccc3ccccc23)cn1. The average Bonchev–Trinajstić information content (AvgIpc) is 2.78. The molecule has 3 aromatic carbocycles. The predicted molar refractivity (Wildman–Crippen MR) is 118 cm³/mol. The number of carbonyl (C=O) groups is 1. The van der Waals surface area contributed by atoms with Crippen molar-refractivity contribution in [1.82, 2.24) is 4.98 Å². The van der Waals surface area contributed by atoms with E-state index in [1.54, 1.807) is 30.3 Å². The summed E-state index contributed by atoms with van der Waals surface area (Å²) in [5, 5.41) is 10.2. The Balaban J connectivity index is 1.71. The smallest absolute Gasteiger partial charge is 0.354 e. The summed E-state index contributed by atoms with van der Waals surface area (Å²) in [6, 6.07) is 18.3. The first-order valence-electron chi connectivity index (χ1n) is 9.35. The molecule has 1 heterocycles. The number of carboxylic acids is 1. The third-order valence-corrected chi connectivity index (χ3v) is 6.01. The van der Waals surface area contributed by atoms with Crippen LogP contribution in [0, 0.1) is 17.7 Å². The fourth-order valence-electron chi connectivity index (χ4n) is 3.07. The topological polar surface area (TPSA) is 96.4 Å². The van der Waals surface area contributed by atoms with E-state index in [0.29, 0.717) is 10.9 Å². The Morgan fingerprint density at radius 3 is 2.50 bits per heavy atom. The first-order chi connectivity index (χ1) is 15.3. The van der Waals surface area contributed by atoms with Crippen molar-refractivity contribution in [2.75, 3.05) is 4.72 Å². The molecule has 32 heavy (non-hydrogen) atoms. The van der Waals surface area contributed by atoms with Gasteiger partial charge < -0.3 is 5.11 Å². The van der Waals surface area contributed by atoms with E-state index in [0.717, 1.165) is 11.5 Å². The summed E-state index contributed by atoms with van der Waals surface area (Å²) in [5.74, 6) is 3.78. The molecule has 8 heteroatoms. The molecule has 2 N–H and O–H groups in total. The molecule has 0 aliphatic heterocycles. The lowest BCUT2D eigenvalue weighted by molar-refractivity contribution is 0.0690. The molecule has 0 atom stereocenters. The van der Waals surface area contributed by atoms with Gasteiger partial charge in [-0.15, -0.1) is 0 Å². The van der Waals surface area contributed by atoms with Crippen molar-refractivity contribution < 1.29 is 22.7 Å². The molecular weight excluding hydrogens is 431 g/mol. The zero-order chi connectivity index (χ0) is 22.7. The van der Waals surface area contributed by atoms with E-state index in [4.69, 9.17) is 5.11 Å². The highest BCUT2D eigenvalue weighted by atomic mass is 32.2. The highest BCUT2D eigenvalue weighted by Crippen LogP contribution is 2.26. The number of fused-ring (bicyclic) bond motifs is 1. The molecule has 0 radical (unpaired) electrons. The molecule has 0 saturated heterocycles. The van der Waals surface area contributed by atoms with Gasteiger partial charge in [-0.25, -0.2) is 22.6 Å². The maximum atomic E-state index is 13.9. The molecule has 158 valence electrons. The summed E-state index contributed by atoms with van der Waals surface area (Å²) in [6.07, 6.45) is 1.29. The highest BCUT2D eigenvalue weighted by molar-refractivity contribution is 7.93. The van der Waals surface area contributed by atoms with E-state index in [-0.39, 0.29) is 21.8 Å². The van der Waals surface area contributed by atoms with Gasteiger partial charge in [0, 0.05) is 22.7 Å². The van der Waals surface area contributed by atoms with Gasteiger partial charge in [0.05, 0.1) is 10.6 Å². The molecule has 6 nitrogen and oxygen atoms in total. The lowest BCUT2D eigenvalue weighted by Gasteiger charge is -2.12. The molecule has 0 unspecified atom stereocenters. The van der Waals surface area contributed by atoms with Gasteiger partial charge in [0.2, 0.25) is 0 Å². The predicted octanol–water partition coefficient (Wildman–Crippen LogP) is 4.27. The van der Waals surface area contributed by atoms with E-state index in [2.05, 4.69) is 21.5 Å². The summed E-state index contributed by atoms with van der Waals surface area (Å²) in [6.45, 7) is 0. The first kappa shape index (κ1) is 21.0. The molecule has 0 aliphatic rings. The van der Waals surface area contributed by atoms with Gasteiger partial charge in [-0.2, -0.15) is 0 Å². The van der Waals surface area contributed by atoms with Crippen LogP contribution in [0.25, 0.3) is 10.8 Å². The number of pyridine rings is 1. The molecule has 0 fully saturated rings. The van der Waals surface area contributed by atoms with Crippen LogP contribution in [0.15, 0.2) is 83.9 Å². The third-order valence-electron chi connectivity index (χ3n) is 4.59. The van der Waals surface area contributed by atoms with E-state index < -0.39 is 21.8 Å². The number of aromatic carboxylic acids is 1. The van der Waals surface area contributed by atoms with Crippen molar-refractivity contribution >= 4 is 32.5 Å². The number of hydrogen-bond acceptors (Lipinski definition) is 4. The second kappa shape index (κ2) is 8.49. The number of nitrogens with zero attached hydrogens (tertiary/aromatic N) is 1. The van der Waals surface area contributed by atoms with Crippen LogP contribution in [-0.2, 0) is 10.0 Å². The minimum atomic E-state index is -4.04. The molecule has 0 aliphatic carbocycles. The van der Waals surface area contributed by atoms with Crippen molar-refractivity contribution in [1.29, 1.82) is 0 Å². The van der Waals surface area contributed by atoms with E-state index >= 15 is 0 Å². The summed E-state index contributed by atoms with van der Waals surface area (Å²) >= 11 is 0. The van der Waals surface area contributed by atoms with Gasteiger partial charge in [-0.05, 0) is 41.8 Å². The average molecular weight is 446 g/mol. The number of aromatic nitrogens is 1. The van der Waals surface area contributed by atoms with Crippen LogP contribution in [0.1, 0.15) is 21.6 Å². The van der Waals surface area contributed by atoms with E-state index in [9.17, 15) is 17.6 Å². The van der Waals surface area contributed by atoms with Gasteiger partial charge in [0.15, 0.2) is 0 Å². The molecular formula is C24H15FN2O4S. The second-order valence-corrected chi connectivity index (χ2v) is 8.41. The molecule has 4 aromatic rings. The van der Waals surface area contributed by atoms with Crippen LogP contribution in [0.4, 0.5) is 10.1 Å². The quantitative estimate of drug-likeness (QED) is 0.457. The normalized spacial score (nSPS) is 10.9. The standard InChI is InChI=1S/C24H15FN2O4S/c25-19-12-11-18(10-8-16-9-13-21(24(28)29)26-15-16)22(14-19)27-32(30,31)23-7-3-5-17-4-1-2-6-20(17)23/h1-7,9,11-15,27H,(H,28,29). The van der Waals surface area contributed by atoms with Gasteiger partial charge in [0.1, 0.15) is 11.5 Å². The van der Waals surface area contributed by atoms with Gasteiger partial charge in [0.25, 0.3) is 10.0 Å². The highest BCUT2D eigenvalue weighted by Gasteiger charge is 2.19. The monoisotopic (exact) mass is 446 g/mol. The maximum absolute atomic E-state index is 13.9. The van der Waals surface area contributed by atoms with Gasteiger partial charge in [-0.3, -0.25) is 4.72 Å². The van der Waals surface area contributed by atoms with Crippen molar-refractivity contribution in [2.24, 2.45) is 0 Å². The number of nitrogens with one attached hydrogen (secondary N) is 1. The van der Waals surface area contributed by atoms with Crippen molar-refractivity contribution in [2.45, 2.75) is 4.90 Å². The largest absolute Gasteiger partial charge is 0.477 e. The van der Waals surface area contributed by atoms with E-state index in [1.807, 2.05) is 6.07 Å². The van der Waals surface area contributed by atoms with Crippen LogP contribution in [0.2, 0.25) is 0 Å². The number of carboxylic acid groups (broad SMARTS) is 1. The number of benzene rings is 3. The Kier molecular flexibility index (Phi) is 5.58.